The van der Waals surface area contributed by atoms with Gasteiger partial charge in [0.2, 0.25) is 0 Å². The Balaban J connectivity index is 1.81. The number of benzene rings is 1. The monoisotopic (exact) mass is 269 g/mol. The van der Waals surface area contributed by atoms with Gasteiger partial charge in [0.15, 0.2) is 0 Å². The number of furan rings is 1. The minimum Gasteiger partial charge on any atom is -0.464 e. The molecule has 0 saturated carbocycles. The number of nitrogens with zero attached hydrogens (tertiary/aromatic N) is 3. The van der Waals surface area contributed by atoms with Crippen LogP contribution in [0.4, 0.5) is 5.69 Å². The number of non-ortho nitro benzene ring substituents is 1. The highest BCUT2D eigenvalue weighted by atomic mass is 16.6. The summed E-state index contributed by atoms with van der Waals surface area (Å²) in [6.45, 7) is 0.475. The zero-order chi connectivity index (χ0) is 13.9. The van der Waals surface area contributed by atoms with E-state index >= 15 is 0 Å². The van der Waals surface area contributed by atoms with Crippen LogP contribution in [-0.2, 0) is 6.54 Å². The molecule has 6 nitrogen and oxygen atoms in total. The Labute approximate surface area is 114 Å². The Morgan fingerprint density at radius 3 is 2.95 bits per heavy atom. The normalized spacial score (nSPS) is 10.6. The van der Waals surface area contributed by atoms with Crippen LogP contribution in [0.15, 0.2) is 59.5 Å². The van der Waals surface area contributed by atoms with Crippen LogP contribution in [0.2, 0.25) is 0 Å². The quantitative estimate of drug-likeness (QED) is 0.538. The second-order valence-corrected chi connectivity index (χ2v) is 4.33. The summed E-state index contributed by atoms with van der Waals surface area (Å²) in [5.74, 6) is 0.746. The van der Waals surface area contributed by atoms with Gasteiger partial charge in [0.05, 0.1) is 29.5 Å². The molecule has 3 aromatic rings. The second-order valence-electron chi connectivity index (χ2n) is 4.33. The van der Waals surface area contributed by atoms with Gasteiger partial charge in [-0.25, -0.2) is 0 Å². The number of hydrogen-bond acceptors (Lipinski definition) is 4. The molecule has 0 amide bonds. The van der Waals surface area contributed by atoms with Crippen molar-refractivity contribution in [1.29, 1.82) is 0 Å². The van der Waals surface area contributed by atoms with Crippen LogP contribution in [0.1, 0.15) is 5.56 Å². The van der Waals surface area contributed by atoms with E-state index in [9.17, 15) is 10.1 Å². The fourth-order valence-electron chi connectivity index (χ4n) is 1.98. The van der Waals surface area contributed by atoms with E-state index in [1.165, 1.54) is 6.07 Å². The molecule has 0 aliphatic rings. The average Bonchev–Trinajstić information content (AvgIpc) is 3.09. The molecule has 0 N–H and O–H groups in total. The van der Waals surface area contributed by atoms with E-state index in [-0.39, 0.29) is 5.69 Å². The van der Waals surface area contributed by atoms with E-state index in [2.05, 4.69) is 5.10 Å². The van der Waals surface area contributed by atoms with E-state index in [0.29, 0.717) is 6.54 Å². The van der Waals surface area contributed by atoms with Crippen molar-refractivity contribution in [3.05, 3.63) is 70.7 Å². The van der Waals surface area contributed by atoms with Gasteiger partial charge in [-0.05, 0) is 17.7 Å². The Bertz CT molecular complexity index is 732. The van der Waals surface area contributed by atoms with Gasteiger partial charge >= 0.3 is 0 Å². The molecule has 20 heavy (non-hydrogen) atoms. The standard InChI is InChI=1S/C14H11N3O3/c18-17(19)13-4-1-3-11(7-13)9-16-10-12(8-15-16)14-5-2-6-20-14/h1-8,10H,9H2. The second kappa shape index (κ2) is 5.00. The molecule has 0 atom stereocenters. The average molecular weight is 269 g/mol. The van der Waals surface area contributed by atoms with Crippen molar-refractivity contribution in [3.8, 4) is 11.3 Å². The molecule has 0 saturated heterocycles. The fraction of sp³-hybridized carbons (Fsp3) is 0.0714. The molecule has 0 aliphatic heterocycles. The first-order valence-corrected chi connectivity index (χ1v) is 6.02. The molecule has 6 heteroatoms. The van der Waals surface area contributed by atoms with Gasteiger partial charge in [-0.1, -0.05) is 12.1 Å². The minimum atomic E-state index is -0.402. The molecule has 0 unspecified atom stereocenters. The molecule has 100 valence electrons. The van der Waals surface area contributed by atoms with Gasteiger partial charge in [0.25, 0.3) is 5.69 Å². The molecular weight excluding hydrogens is 258 g/mol. The predicted molar refractivity (Wildman–Crippen MR) is 72.1 cm³/mol. The van der Waals surface area contributed by atoms with Crippen LogP contribution < -0.4 is 0 Å². The summed E-state index contributed by atoms with van der Waals surface area (Å²) in [5.41, 5.74) is 1.79. The predicted octanol–water partition coefficient (Wildman–Crippen LogP) is 3.10. The first-order chi connectivity index (χ1) is 9.72. The van der Waals surface area contributed by atoms with Gasteiger partial charge in [-0.2, -0.15) is 5.10 Å². The van der Waals surface area contributed by atoms with Crippen LogP contribution in [0.3, 0.4) is 0 Å². The lowest BCUT2D eigenvalue weighted by Crippen LogP contribution is -2.00. The SMILES string of the molecule is O=[N+]([O-])c1cccc(Cn2cc(-c3ccco3)cn2)c1. The third-order valence-electron chi connectivity index (χ3n) is 2.90. The molecule has 0 fully saturated rings. The summed E-state index contributed by atoms with van der Waals surface area (Å²) >= 11 is 0. The number of hydrogen-bond donors (Lipinski definition) is 0. The summed E-state index contributed by atoms with van der Waals surface area (Å²) < 4.78 is 7.01. The number of aromatic nitrogens is 2. The van der Waals surface area contributed by atoms with E-state index in [1.807, 2.05) is 24.4 Å². The highest BCUT2D eigenvalue weighted by Gasteiger charge is 2.08. The van der Waals surface area contributed by atoms with E-state index in [0.717, 1.165) is 16.9 Å². The first-order valence-electron chi connectivity index (χ1n) is 6.02. The van der Waals surface area contributed by atoms with Gasteiger partial charge in [-0.3, -0.25) is 14.8 Å². The Morgan fingerprint density at radius 2 is 2.20 bits per heavy atom. The van der Waals surface area contributed by atoms with Gasteiger partial charge < -0.3 is 4.42 Å². The van der Waals surface area contributed by atoms with Crippen molar-refractivity contribution < 1.29 is 9.34 Å². The maximum atomic E-state index is 10.7. The van der Waals surface area contributed by atoms with Crippen molar-refractivity contribution >= 4 is 5.69 Å². The Kier molecular flexibility index (Phi) is 3.04. The molecule has 2 aromatic heterocycles. The Morgan fingerprint density at radius 1 is 1.30 bits per heavy atom. The highest BCUT2D eigenvalue weighted by molar-refractivity contribution is 5.54. The third kappa shape index (κ3) is 2.44. The Hall–Kier alpha value is -2.89. The molecular formula is C14H11N3O3. The molecule has 1 aromatic carbocycles. The van der Waals surface area contributed by atoms with Gasteiger partial charge in [0, 0.05) is 18.3 Å². The van der Waals surface area contributed by atoms with Gasteiger partial charge in [-0.15, -0.1) is 0 Å². The molecule has 0 radical (unpaired) electrons. The van der Waals surface area contributed by atoms with Crippen LogP contribution in [0, 0.1) is 10.1 Å². The molecule has 3 rings (SSSR count). The van der Waals surface area contributed by atoms with E-state index in [4.69, 9.17) is 4.42 Å². The lowest BCUT2D eigenvalue weighted by atomic mass is 10.2. The smallest absolute Gasteiger partial charge is 0.269 e. The van der Waals surface area contributed by atoms with Crippen molar-refractivity contribution in [2.45, 2.75) is 6.54 Å². The fourth-order valence-corrected chi connectivity index (χ4v) is 1.98. The van der Waals surface area contributed by atoms with Crippen LogP contribution in [-0.4, -0.2) is 14.7 Å². The summed E-state index contributed by atoms with van der Waals surface area (Å²) in [6, 6.07) is 10.2. The number of rotatable bonds is 4. The maximum absolute atomic E-state index is 10.7. The van der Waals surface area contributed by atoms with Gasteiger partial charge in [0.1, 0.15) is 5.76 Å². The number of nitro groups is 1. The first kappa shape index (κ1) is 12.2. The van der Waals surface area contributed by atoms with Crippen LogP contribution in [0.25, 0.3) is 11.3 Å². The van der Waals surface area contributed by atoms with Crippen molar-refractivity contribution in [1.82, 2.24) is 9.78 Å². The topological polar surface area (TPSA) is 74.1 Å². The molecule has 2 heterocycles. The largest absolute Gasteiger partial charge is 0.464 e. The molecule has 0 aliphatic carbocycles. The molecule has 0 spiro atoms. The van der Waals surface area contributed by atoms with Crippen LogP contribution >= 0.6 is 0 Å². The van der Waals surface area contributed by atoms with Crippen molar-refractivity contribution in [3.63, 3.8) is 0 Å². The van der Waals surface area contributed by atoms with Crippen molar-refractivity contribution in [2.75, 3.05) is 0 Å². The molecule has 0 bridgehead atoms. The lowest BCUT2D eigenvalue weighted by molar-refractivity contribution is -0.384. The number of nitro benzene ring substituents is 1. The zero-order valence-electron chi connectivity index (χ0n) is 10.5. The summed E-state index contributed by atoms with van der Waals surface area (Å²) in [4.78, 5) is 10.3. The lowest BCUT2D eigenvalue weighted by Gasteiger charge is -2.01. The van der Waals surface area contributed by atoms with Crippen molar-refractivity contribution in [2.24, 2.45) is 0 Å². The van der Waals surface area contributed by atoms with E-state index < -0.39 is 4.92 Å². The summed E-state index contributed by atoms with van der Waals surface area (Å²) in [7, 11) is 0. The zero-order valence-corrected chi connectivity index (χ0v) is 10.5. The van der Waals surface area contributed by atoms with Crippen LogP contribution in [0.5, 0.6) is 0 Å². The maximum Gasteiger partial charge on any atom is 0.269 e. The third-order valence-corrected chi connectivity index (χ3v) is 2.90. The van der Waals surface area contributed by atoms with E-state index in [1.54, 1.807) is 29.3 Å². The summed E-state index contributed by atoms with van der Waals surface area (Å²) in [6.07, 6.45) is 5.15. The summed E-state index contributed by atoms with van der Waals surface area (Å²) in [5, 5.41) is 15.0. The minimum absolute atomic E-state index is 0.0842. The highest BCUT2D eigenvalue weighted by Crippen LogP contribution is 2.19.